The van der Waals surface area contributed by atoms with Gasteiger partial charge in [-0.3, -0.25) is 4.79 Å². The Kier molecular flexibility index (Phi) is 4.44. The lowest BCUT2D eigenvalue weighted by molar-refractivity contribution is 0.0668. The predicted octanol–water partition coefficient (Wildman–Crippen LogP) is 4.15. The summed E-state index contributed by atoms with van der Waals surface area (Å²) >= 11 is 1.61. The molecule has 1 fully saturated rings. The van der Waals surface area contributed by atoms with E-state index in [4.69, 9.17) is 4.52 Å². The van der Waals surface area contributed by atoms with Crippen molar-refractivity contribution in [2.24, 2.45) is 5.92 Å². The van der Waals surface area contributed by atoms with Crippen molar-refractivity contribution in [2.45, 2.75) is 19.3 Å². The normalized spacial score (nSPS) is 17.3. The Labute approximate surface area is 166 Å². The summed E-state index contributed by atoms with van der Waals surface area (Å²) in [6, 6.07) is 9.90. The topological polar surface area (TPSA) is 63.6 Å². The molecule has 0 bridgehead atoms. The summed E-state index contributed by atoms with van der Waals surface area (Å²) in [5.41, 5.74) is 2.76. The molecule has 0 saturated carbocycles. The maximum atomic E-state index is 13.0. The minimum atomic E-state index is 0.0953. The number of nitrogens with zero attached hydrogens (tertiary/aromatic N) is 4. The molecule has 0 N–H and O–H groups in total. The molecule has 1 unspecified atom stereocenters. The van der Waals surface area contributed by atoms with Crippen molar-refractivity contribution in [2.75, 3.05) is 13.1 Å². The van der Waals surface area contributed by atoms with Gasteiger partial charge in [-0.15, -0.1) is 0 Å². The third-order valence-corrected chi connectivity index (χ3v) is 5.95. The molecule has 1 aliphatic heterocycles. The number of thiophene rings is 1. The summed E-state index contributed by atoms with van der Waals surface area (Å²) in [7, 11) is 0. The van der Waals surface area contributed by atoms with E-state index in [1.165, 1.54) is 0 Å². The lowest BCUT2D eigenvalue weighted by Crippen LogP contribution is -2.40. The van der Waals surface area contributed by atoms with Crippen molar-refractivity contribution in [1.82, 2.24) is 19.4 Å². The standard InChI is InChI=1S/C21H20N4O2S/c26-21(17-11-18-5-1-2-7-24(18)13-17)25-8-3-4-15(12-25)10-19-22-20(23-27-19)16-6-9-28-14-16/h1-2,5-7,9,11,13-15H,3-4,8,10,12H2. The summed E-state index contributed by atoms with van der Waals surface area (Å²) in [5.74, 6) is 1.72. The number of pyridine rings is 1. The van der Waals surface area contributed by atoms with Crippen LogP contribution in [0.25, 0.3) is 16.9 Å². The first kappa shape index (κ1) is 17.2. The van der Waals surface area contributed by atoms with Gasteiger partial charge in [0.2, 0.25) is 11.7 Å². The second kappa shape index (κ2) is 7.24. The summed E-state index contributed by atoms with van der Waals surface area (Å²) in [5, 5.41) is 8.10. The Hall–Kier alpha value is -2.93. The Morgan fingerprint density at radius 2 is 2.29 bits per heavy atom. The van der Waals surface area contributed by atoms with Crippen LogP contribution in [0.3, 0.4) is 0 Å². The van der Waals surface area contributed by atoms with Gasteiger partial charge >= 0.3 is 0 Å². The number of hydrogen-bond donors (Lipinski definition) is 0. The van der Waals surface area contributed by atoms with Gasteiger partial charge in [0.05, 0.1) is 5.56 Å². The number of aromatic nitrogens is 3. The summed E-state index contributed by atoms with van der Waals surface area (Å²) < 4.78 is 7.43. The number of carbonyl (C=O) groups excluding carboxylic acids is 1. The highest BCUT2D eigenvalue weighted by Gasteiger charge is 2.26. The van der Waals surface area contributed by atoms with Crippen LogP contribution in [0.1, 0.15) is 29.1 Å². The number of rotatable bonds is 4. The van der Waals surface area contributed by atoms with E-state index >= 15 is 0 Å². The zero-order valence-electron chi connectivity index (χ0n) is 15.3. The van der Waals surface area contributed by atoms with Gasteiger partial charge in [0, 0.05) is 48.4 Å². The molecule has 1 amide bonds. The van der Waals surface area contributed by atoms with Crippen LogP contribution in [0.4, 0.5) is 0 Å². The fourth-order valence-electron chi connectivity index (χ4n) is 3.86. The molecule has 1 atom stereocenters. The molecule has 0 spiro atoms. The molecule has 5 heterocycles. The minimum absolute atomic E-state index is 0.0953. The van der Waals surface area contributed by atoms with Crippen molar-refractivity contribution in [1.29, 1.82) is 0 Å². The van der Waals surface area contributed by atoms with E-state index in [0.717, 1.165) is 42.6 Å². The zero-order chi connectivity index (χ0) is 18.9. The molecule has 142 valence electrons. The monoisotopic (exact) mass is 392 g/mol. The average molecular weight is 392 g/mol. The zero-order valence-corrected chi connectivity index (χ0v) is 16.1. The Morgan fingerprint density at radius 1 is 1.32 bits per heavy atom. The van der Waals surface area contributed by atoms with E-state index in [9.17, 15) is 4.79 Å². The van der Waals surface area contributed by atoms with E-state index in [-0.39, 0.29) is 5.91 Å². The third-order valence-electron chi connectivity index (χ3n) is 5.27. The van der Waals surface area contributed by atoms with E-state index in [2.05, 4.69) is 10.1 Å². The predicted molar refractivity (Wildman–Crippen MR) is 107 cm³/mol. The average Bonchev–Trinajstić information content (AvgIpc) is 3.47. The van der Waals surface area contributed by atoms with Gasteiger partial charge in [-0.1, -0.05) is 11.2 Å². The second-order valence-electron chi connectivity index (χ2n) is 7.25. The van der Waals surface area contributed by atoms with E-state index in [1.807, 2.05) is 62.8 Å². The Balaban J connectivity index is 1.27. The van der Waals surface area contributed by atoms with Crippen LogP contribution in [0.5, 0.6) is 0 Å². The SMILES string of the molecule is O=C(c1cc2ccccn2c1)N1CCCC(Cc2nc(-c3ccsc3)no2)C1. The molecule has 28 heavy (non-hydrogen) atoms. The lowest BCUT2D eigenvalue weighted by atomic mass is 9.94. The molecule has 7 heteroatoms. The Morgan fingerprint density at radius 3 is 3.14 bits per heavy atom. The van der Waals surface area contributed by atoms with Crippen molar-refractivity contribution in [3.63, 3.8) is 0 Å². The van der Waals surface area contributed by atoms with Crippen LogP contribution in [0.2, 0.25) is 0 Å². The summed E-state index contributed by atoms with van der Waals surface area (Å²) in [6.07, 6.45) is 6.64. The van der Waals surface area contributed by atoms with E-state index in [1.54, 1.807) is 11.3 Å². The van der Waals surface area contributed by atoms with E-state index < -0.39 is 0 Å². The number of likely N-dealkylation sites (tertiary alicyclic amines) is 1. The molecule has 4 aromatic heterocycles. The van der Waals surface area contributed by atoms with Crippen LogP contribution in [-0.4, -0.2) is 38.4 Å². The quantitative estimate of drug-likeness (QED) is 0.523. The third kappa shape index (κ3) is 3.33. The van der Waals surface area contributed by atoms with E-state index in [0.29, 0.717) is 24.1 Å². The fourth-order valence-corrected chi connectivity index (χ4v) is 4.50. The first-order valence-corrected chi connectivity index (χ1v) is 10.4. The van der Waals surface area contributed by atoms with Gasteiger partial charge in [0.25, 0.3) is 5.91 Å². The highest BCUT2D eigenvalue weighted by Crippen LogP contribution is 2.24. The Bertz CT molecular complexity index is 1070. The van der Waals surface area contributed by atoms with Gasteiger partial charge in [0.1, 0.15) is 0 Å². The molecule has 1 aliphatic rings. The van der Waals surface area contributed by atoms with Crippen LogP contribution < -0.4 is 0 Å². The molecule has 0 radical (unpaired) electrons. The summed E-state index contributed by atoms with van der Waals surface area (Å²) in [4.78, 5) is 19.5. The first-order chi connectivity index (χ1) is 13.8. The van der Waals surface area contributed by atoms with Crippen molar-refractivity contribution >= 4 is 22.8 Å². The molecule has 0 aliphatic carbocycles. The molecule has 0 aromatic carbocycles. The van der Waals surface area contributed by atoms with Crippen LogP contribution in [0.15, 0.2) is 58.0 Å². The largest absolute Gasteiger partial charge is 0.339 e. The van der Waals surface area contributed by atoms with Gasteiger partial charge in [0.15, 0.2) is 0 Å². The molecule has 5 rings (SSSR count). The number of hydrogen-bond acceptors (Lipinski definition) is 5. The summed E-state index contributed by atoms with van der Waals surface area (Å²) in [6.45, 7) is 1.52. The molecule has 1 saturated heterocycles. The molecule has 6 nitrogen and oxygen atoms in total. The van der Waals surface area contributed by atoms with Crippen LogP contribution in [0, 0.1) is 5.92 Å². The molecular formula is C21H20N4O2S. The highest BCUT2D eigenvalue weighted by atomic mass is 32.1. The number of carbonyl (C=O) groups is 1. The molecular weight excluding hydrogens is 372 g/mol. The number of piperidine rings is 1. The second-order valence-corrected chi connectivity index (χ2v) is 8.03. The van der Waals surface area contributed by atoms with Gasteiger partial charge in [-0.25, -0.2) is 0 Å². The lowest BCUT2D eigenvalue weighted by Gasteiger charge is -2.32. The van der Waals surface area contributed by atoms with Gasteiger partial charge < -0.3 is 13.8 Å². The maximum Gasteiger partial charge on any atom is 0.255 e. The number of fused-ring (bicyclic) bond motifs is 1. The highest BCUT2D eigenvalue weighted by molar-refractivity contribution is 7.08. The molecule has 4 aromatic rings. The van der Waals surface area contributed by atoms with Crippen molar-refractivity contribution in [3.05, 3.63) is 64.9 Å². The first-order valence-electron chi connectivity index (χ1n) is 9.47. The maximum absolute atomic E-state index is 13.0. The smallest absolute Gasteiger partial charge is 0.255 e. The van der Waals surface area contributed by atoms with Gasteiger partial charge in [-0.05, 0) is 48.4 Å². The van der Waals surface area contributed by atoms with Crippen molar-refractivity contribution < 1.29 is 9.32 Å². The van der Waals surface area contributed by atoms with Crippen LogP contribution in [-0.2, 0) is 6.42 Å². The van der Waals surface area contributed by atoms with Gasteiger partial charge in [-0.2, -0.15) is 16.3 Å². The van der Waals surface area contributed by atoms with Crippen LogP contribution >= 0.6 is 11.3 Å². The van der Waals surface area contributed by atoms with Crippen molar-refractivity contribution in [3.8, 4) is 11.4 Å². The number of amides is 1. The fraction of sp³-hybridized carbons (Fsp3) is 0.286. The minimum Gasteiger partial charge on any atom is -0.339 e.